The molecule has 0 saturated heterocycles. The Labute approximate surface area is 165 Å². The molecular weight excluding hydrogens is 350 g/mol. The highest BCUT2D eigenvalue weighted by Crippen LogP contribution is 2.30. The summed E-state index contributed by atoms with van der Waals surface area (Å²) < 4.78 is 6.17. The number of fused-ring (bicyclic) bond motifs is 1. The molecule has 4 rings (SSSR count). The molecule has 1 aliphatic carbocycles. The normalized spacial score (nSPS) is 19.4. The van der Waals surface area contributed by atoms with Gasteiger partial charge in [-0.25, -0.2) is 0 Å². The lowest BCUT2D eigenvalue weighted by molar-refractivity contribution is -0.142. The van der Waals surface area contributed by atoms with Crippen LogP contribution >= 0.6 is 0 Å². The van der Waals surface area contributed by atoms with Crippen LogP contribution in [0.5, 0.6) is 11.5 Å². The largest absolute Gasteiger partial charge is 0.481 e. The third-order valence-electron chi connectivity index (χ3n) is 5.55. The SMILES string of the molecule is O=C(O)C1CCC(NCc2cccc(Oc3cccc4ccccc34)c2)CC1. The molecule has 0 amide bonds. The summed E-state index contributed by atoms with van der Waals surface area (Å²) in [5, 5.41) is 14.9. The van der Waals surface area contributed by atoms with Crippen molar-refractivity contribution in [1.29, 1.82) is 0 Å². The first kappa shape index (κ1) is 18.5. The fourth-order valence-corrected chi connectivity index (χ4v) is 3.94. The molecule has 28 heavy (non-hydrogen) atoms. The van der Waals surface area contributed by atoms with Gasteiger partial charge in [-0.1, -0.05) is 48.5 Å². The van der Waals surface area contributed by atoms with Gasteiger partial charge in [0, 0.05) is 18.0 Å². The number of carboxylic acid groups (broad SMARTS) is 1. The summed E-state index contributed by atoms with van der Waals surface area (Å²) in [5.74, 6) is 0.854. The molecule has 4 heteroatoms. The molecule has 3 aromatic carbocycles. The minimum atomic E-state index is -0.656. The number of nitrogens with one attached hydrogen (secondary N) is 1. The van der Waals surface area contributed by atoms with E-state index in [4.69, 9.17) is 9.84 Å². The summed E-state index contributed by atoms with van der Waals surface area (Å²) in [6, 6.07) is 22.8. The molecule has 0 bridgehead atoms. The molecule has 0 atom stereocenters. The second-order valence-electron chi connectivity index (χ2n) is 7.49. The van der Waals surface area contributed by atoms with E-state index in [-0.39, 0.29) is 5.92 Å². The zero-order valence-corrected chi connectivity index (χ0v) is 15.8. The van der Waals surface area contributed by atoms with Gasteiger partial charge in [0.2, 0.25) is 0 Å². The molecule has 0 spiro atoms. The summed E-state index contributed by atoms with van der Waals surface area (Å²) in [6.07, 6.45) is 3.36. The maximum Gasteiger partial charge on any atom is 0.306 e. The van der Waals surface area contributed by atoms with Gasteiger partial charge in [-0.3, -0.25) is 4.79 Å². The number of carbonyl (C=O) groups is 1. The first-order chi connectivity index (χ1) is 13.7. The third-order valence-corrected chi connectivity index (χ3v) is 5.55. The van der Waals surface area contributed by atoms with Gasteiger partial charge in [0.15, 0.2) is 0 Å². The second-order valence-corrected chi connectivity index (χ2v) is 7.49. The van der Waals surface area contributed by atoms with Gasteiger partial charge in [-0.15, -0.1) is 0 Å². The van der Waals surface area contributed by atoms with Crippen molar-refractivity contribution in [2.75, 3.05) is 0 Å². The lowest BCUT2D eigenvalue weighted by Gasteiger charge is -2.27. The van der Waals surface area contributed by atoms with E-state index in [0.717, 1.165) is 60.1 Å². The highest BCUT2D eigenvalue weighted by molar-refractivity contribution is 5.88. The Hall–Kier alpha value is -2.85. The van der Waals surface area contributed by atoms with Crippen LogP contribution in [0.15, 0.2) is 66.7 Å². The highest BCUT2D eigenvalue weighted by atomic mass is 16.5. The van der Waals surface area contributed by atoms with Gasteiger partial charge in [0.1, 0.15) is 11.5 Å². The third kappa shape index (κ3) is 4.34. The maximum absolute atomic E-state index is 11.1. The molecule has 0 unspecified atom stereocenters. The lowest BCUT2D eigenvalue weighted by atomic mass is 9.86. The minimum Gasteiger partial charge on any atom is -0.481 e. The number of aliphatic carboxylic acids is 1. The van der Waals surface area contributed by atoms with E-state index >= 15 is 0 Å². The van der Waals surface area contributed by atoms with E-state index in [1.807, 2.05) is 36.4 Å². The van der Waals surface area contributed by atoms with Crippen LogP contribution in [-0.4, -0.2) is 17.1 Å². The van der Waals surface area contributed by atoms with Crippen LogP contribution < -0.4 is 10.1 Å². The second kappa shape index (κ2) is 8.44. The van der Waals surface area contributed by atoms with E-state index in [9.17, 15) is 4.79 Å². The van der Waals surface area contributed by atoms with Crippen molar-refractivity contribution in [3.63, 3.8) is 0 Å². The Balaban J connectivity index is 1.39. The molecule has 1 fully saturated rings. The van der Waals surface area contributed by atoms with Gasteiger partial charge < -0.3 is 15.2 Å². The Morgan fingerprint density at radius 1 is 0.964 bits per heavy atom. The van der Waals surface area contributed by atoms with E-state index in [1.165, 1.54) is 0 Å². The Morgan fingerprint density at radius 3 is 2.54 bits per heavy atom. The fourth-order valence-electron chi connectivity index (χ4n) is 3.94. The molecule has 1 saturated carbocycles. The smallest absolute Gasteiger partial charge is 0.306 e. The van der Waals surface area contributed by atoms with Crippen LogP contribution in [0.2, 0.25) is 0 Å². The number of hydrogen-bond acceptors (Lipinski definition) is 3. The molecule has 0 heterocycles. The van der Waals surface area contributed by atoms with Crippen molar-refractivity contribution in [3.05, 3.63) is 72.3 Å². The van der Waals surface area contributed by atoms with Crippen LogP contribution in [0.1, 0.15) is 31.2 Å². The molecule has 0 aliphatic heterocycles. The quantitative estimate of drug-likeness (QED) is 0.608. The van der Waals surface area contributed by atoms with Gasteiger partial charge in [-0.05, 0) is 54.8 Å². The standard InChI is InChI=1S/C24H25NO3/c26-24(27)19-11-13-20(14-12-19)25-16-17-5-3-8-21(15-17)28-23-10-4-7-18-6-1-2-9-22(18)23/h1-10,15,19-20,25H,11-14,16H2,(H,26,27). The average Bonchev–Trinajstić information content (AvgIpc) is 2.73. The summed E-state index contributed by atoms with van der Waals surface area (Å²) >= 11 is 0. The van der Waals surface area contributed by atoms with Gasteiger partial charge in [0.25, 0.3) is 0 Å². The van der Waals surface area contributed by atoms with E-state index in [1.54, 1.807) is 0 Å². The molecule has 2 N–H and O–H groups in total. The molecule has 0 radical (unpaired) electrons. The summed E-state index contributed by atoms with van der Waals surface area (Å²) in [6.45, 7) is 0.759. The first-order valence-corrected chi connectivity index (χ1v) is 9.90. The number of ether oxygens (including phenoxy) is 1. The number of carboxylic acids is 1. The molecule has 4 nitrogen and oxygen atoms in total. The Bertz CT molecular complexity index is 955. The number of hydrogen-bond donors (Lipinski definition) is 2. The average molecular weight is 375 g/mol. The zero-order chi connectivity index (χ0) is 19.3. The lowest BCUT2D eigenvalue weighted by Crippen LogP contribution is -2.34. The predicted molar refractivity (Wildman–Crippen MR) is 111 cm³/mol. The van der Waals surface area contributed by atoms with E-state index in [2.05, 4.69) is 35.6 Å². The van der Waals surface area contributed by atoms with Crippen LogP contribution in [-0.2, 0) is 11.3 Å². The van der Waals surface area contributed by atoms with Gasteiger partial charge >= 0.3 is 5.97 Å². The topological polar surface area (TPSA) is 58.6 Å². The van der Waals surface area contributed by atoms with Gasteiger partial charge in [-0.2, -0.15) is 0 Å². The van der Waals surface area contributed by atoms with Crippen molar-refractivity contribution in [2.24, 2.45) is 5.92 Å². The maximum atomic E-state index is 11.1. The summed E-state index contributed by atoms with van der Waals surface area (Å²) in [5.41, 5.74) is 1.16. The number of rotatable bonds is 6. The number of benzene rings is 3. The van der Waals surface area contributed by atoms with Crippen molar-refractivity contribution in [3.8, 4) is 11.5 Å². The Kier molecular flexibility index (Phi) is 5.58. The predicted octanol–water partition coefficient (Wildman–Crippen LogP) is 5.37. The van der Waals surface area contributed by atoms with Crippen molar-refractivity contribution >= 4 is 16.7 Å². The summed E-state index contributed by atoms with van der Waals surface area (Å²) in [4.78, 5) is 11.1. The highest BCUT2D eigenvalue weighted by Gasteiger charge is 2.25. The molecule has 144 valence electrons. The van der Waals surface area contributed by atoms with Gasteiger partial charge in [0.05, 0.1) is 5.92 Å². The fraction of sp³-hybridized carbons (Fsp3) is 0.292. The monoisotopic (exact) mass is 375 g/mol. The van der Waals surface area contributed by atoms with Crippen molar-refractivity contribution < 1.29 is 14.6 Å². The van der Waals surface area contributed by atoms with Crippen LogP contribution in [0.4, 0.5) is 0 Å². The molecule has 3 aromatic rings. The molecule has 0 aromatic heterocycles. The molecular formula is C24H25NO3. The Morgan fingerprint density at radius 2 is 1.71 bits per heavy atom. The van der Waals surface area contributed by atoms with Crippen molar-refractivity contribution in [1.82, 2.24) is 5.32 Å². The molecule has 1 aliphatic rings. The first-order valence-electron chi connectivity index (χ1n) is 9.90. The van der Waals surface area contributed by atoms with Crippen LogP contribution in [0.25, 0.3) is 10.8 Å². The minimum absolute atomic E-state index is 0.171. The zero-order valence-electron chi connectivity index (χ0n) is 15.8. The van der Waals surface area contributed by atoms with Crippen LogP contribution in [0, 0.1) is 5.92 Å². The van der Waals surface area contributed by atoms with Crippen LogP contribution in [0.3, 0.4) is 0 Å². The van der Waals surface area contributed by atoms with Crippen molar-refractivity contribution in [2.45, 2.75) is 38.3 Å². The summed E-state index contributed by atoms with van der Waals surface area (Å²) in [7, 11) is 0. The van der Waals surface area contributed by atoms with E-state index < -0.39 is 5.97 Å². The van der Waals surface area contributed by atoms with E-state index in [0.29, 0.717) is 6.04 Å².